The SMILES string of the molecule is COc1ccc(OC)c([C@@H]2NC(=O)NC(C)=C2C(C)=O)c1. The average Bonchev–Trinajstić information content (AvgIpc) is 2.45. The summed E-state index contributed by atoms with van der Waals surface area (Å²) in [7, 11) is 3.10. The number of methoxy groups -OCH3 is 2. The number of urea groups is 1. The number of Topliss-reactive ketones (excluding diaryl/α,β-unsaturated/α-hetero) is 1. The molecule has 112 valence electrons. The Balaban J connectivity index is 2.59. The molecule has 2 N–H and O–H groups in total. The van der Waals surface area contributed by atoms with Gasteiger partial charge in [0, 0.05) is 16.8 Å². The lowest BCUT2D eigenvalue weighted by molar-refractivity contribution is -0.114. The molecule has 1 heterocycles. The molecule has 6 heteroatoms. The Morgan fingerprint density at radius 2 is 1.95 bits per heavy atom. The Hall–Kier alpha value is -2.50. The molecule has 2 amide bonds. The number of ketones is 1. The van der Waals surface area contributed by atoms with E-state index in [1.165, 1.54) is 14.0 Å². The lowest BCUT2D eigenvalue weighted by atomic mass is 9.92. The van der Waals surface area contributed by atoms with Crippen molar-refractivity contribution in [3.8, 4) is 11.5 Å². The number of nitrogens with one attached hydrogen (secondary N) is 2. The molecular formula is C15H18N2O4. The molecule has 1 atom stereocenters. The van der Waals surface area contributed by atoms with Crippen LogP contribution in [0, 0.1) is 0 Å². The molecular weight excluding hydrogens is 272 g/mol. The molecule has 1 aliphatic rings. The number of ether oxygens (including phenoxy) is 2. The highest BCUT2D eigenvalue weighted by Gasteiger charge is 2.31. The third-order valence-electron chi connectivity index (χ3n) is 3.40. The summed E-state index contributed by atoms with van der Waals surface area (Å²) in [6, 6.07) is 4.34. The van der Waals surface area contributed by atoms with Crippen molar-refractivity contribution in [2.45, 2.75) is 19.9 Å². The summed E-state index contributed by atoms with van der Waals surface area (Å²) in [5, 5.41) is 5.37. The number of allylic oxidation sites excluding steroid dienone is 1. The summed E-state index contributed by atoms with van der Waals surface area (Å²) >= 11 is 0. The molecule has 1 aromatic rings. The Morgan fingerprint density at radius 1 is 1.24 bits per heavy atom. The van der Waals surface area contributed by atoms with Crippen molar-refractivity contribution >= 4 is 11.8 Å². The fourth-order valence-electron chi connectivity index (χ4n) is 2.46. The third-order valence-corrected chi connectivity index (χ3v) is 3.40. The Bertz CT molecular complexity index is 622. The van der Waals surface area contributed by atoms with Gasteiger partial charge in [-0.2, -0.15) is 0 Å². The Kier molecular flexibility index (Phi) is 4.16. The summed E-state index contributed by atoms with van der Waals surface area (Å²) in [5.74, 6) is 1.09. The highest BCUT2D eigenvalue weighted by Crippen LogP contribution is 2.35. The van der Waals surface area contributed by atoms with E-state index in [1.54, 1.807) is 32.2 Å². The van der Waals surface area contributed by atoms with Gasteiger partial charge in [0.15, 0.2) is 5.78 Å². The molecule has 0 fully saturated rings. The van der Waals surface area contributed by atoms with Gasteiger partial charge in [0.2, 0.25) is 0 Å². The monoisotopic (exact) mass is 290 g/mol. The molecule has 0 saturated carbocycles. The maximum Gasteiger partial charge on any atom is 0.319 e. The smallest absolute Gasteiger partial charge is 0.319 e. The van der Waals surface area contributed by atoms with Crippen molar-refractivity contribution in [2.75, 3.05) is 14.2 Å². The van der Waals surface area contributed by atoms with Gasteiger partial charge in [0.25, 0.3) is 0 Å². The maximum atomic E-state index is 11.9. The van der Waals surface area contributed by atoms with Crippen LogP contribution in [-0.2, 0) is 4.79 Å². The van der Waals surface area contributed by atoms with Crippen LogP contribution >= 0.6 is 0 Å². The summed E-state index contributed by atoms with van der Waals surface area (Å²) in [4.78, 5) is 23.7. The van der Waals surface area contributed by atoms with Crippen LogP contribution in [0.4, 0.5) is 4.79 Å². The second-order valence-electron chi connectivity index (χ2n) is 4.73. The molecule has 1 aromatic carbocycles. The van der Waals surface area contributed by atoms with Crippen LogP contribution < -0.4 is 20.1 Å². The van der Waals surface area contributed by atoms with Gasteiger partial charge in [-0.1, -0.05) is 0 Å². The van der Waals surface area contributed by atoms with Crippen molar-refractivity contribution in [3.63, 3.8) is 0 Å². The predicted molar refractivity (Wildman–Crippen MR) is 77.3 cm³/mol. The first-order valence-electron chi connectivity index (χ1n) is 6.49. The molecule has 1 aliphatic heterocycles. The summed E-state index contributed by atoms with van der Waals surface area (Å²) in [6.07, 6.45) is 0. The first-order chi connectivity index (χ1) is 9.97. The minimum Gasteiger partial charge on any atom is -0.497 e. The first-order valence-corrected chi connectivity index (χ1v) is 6.49. The van der Waals surface area contributed by atoms with E-state index in [2.05, 4.69) is 10.6 Å². The second kappa shape index (κ2) is 5.87. The van der Waals surface area contributed by atoms with E-state index in [4.69, 9.17) is 9.47 Å². The van der Waals surface area contributed by atoms with E-state index >= 15 is 0 Å². The first kappa shape index (κ1) is 14.9. The van der Waals surface area contributed by atoms with Crippen molar-refractivity contribution in [3.05, 3.63) is 35.0 Å². The van der Waals surface area contributed by atoms with Crippen molar-refractivity contribution in [1.29, 1.82) is 0 Å². The average molecular weight is 290 g/mol. The lowest BCUT2D eigenvalue weighted by Crippen LogP contribution is -2.44. The Labute approximate surface area is 123 Å². The molecule has 0 spiro atoms. The molecule has 0 saturated heterocycles. The van der Waals surface area contributed by atoms with Gasteiger partial charge in [-0.05, 0) is 32.0 Å². The molecule has 2 rings (SSSR count). The van der Waals surface area contributed by atoms with E-state index in [0.717, 1.165) is 0 Å². The fraction of sp³-hybridized carbons (Fsp3) is 0.333. The summed E-state index contributed by atoms with van der Waals surface area (Å²) < 4.78 is 10.5. The van der Waals surface area contributed by atoms with Gasteiger partial charge in [-0.15, -0.1) is 0 Å². The molecule has 0 radical (unpaired) electrons. The van der Waals surface area contributed by atoms with E-state index in [0.29, 0.717) is 28.3 Å². The predicted octanol–water partition coefficient (Wildman–Crippen LogP) is 1.92. The largest absolute Gasteiger partial charge is 0.497 e. The number of carbonyl (C=O) groups excluding carboxylic acids is 2. The third kappa shape index (κ3) is 2.84. The molecule has 0 aliphatic carbocycles. The quantitative estimate of drug-likeness (QED) is 0.888. The summed E-state index contributed by atoms with van der Waals surface area (Å²) in [6.45, 7) is 3.17. The van der Waals surface area contributed by atoms with Crippen LogP contribution in [0.25, 0.3) is 0 Å². The lowest BCUT2D eigenvalue weighted by Gasteiger charge is -2.29. The van der Waals surface area contributed by atoms with Gasteiger partial charge >= 0.3 is 6.03 Å². The van der Waals surface area contributed by atoms with Gasteiger partial charge in [-0.25, -0.2) is 4.79 Å². The van der Waals surface area contributed by atoms with E-state index < -0.39 is 6.04 Å². The fourth-order valence-corrected chi connectivity index (χ4v) is 2.46. The molecule has 21 heavy (non-hydrogen) atoms. The molecule has 0 bridgehead atoms. The minimum atomic E-state index is -0.568. The van der Waals surface area contributed by atoms with Crippen LogP contribution in [0.5, 0.6) is 11.5 Å². The van der Waals surface area contributed by atoms with Gasteiger partial charge in [0.05, 0.1) is 20.3 Å². The standard InChI is InChI=1S/C15H18N2O4/c1-8-13(9(2)18)14(17-15(19)16-8)11-7-10(20-3)5-6-12(11)21-4/h5-7,14H,1-4H3,(H2,16,17,19)/t14-/m0/s1. The van der Waals surface area contributed by atoms with Crippen LogP contribution in [0.1, 0.15) is 25.5 Å². The Morgan fingerprint density at radius 3 is 2.52 bits per heavy atom. The van der Waals surface area contributed by atoms with Crippen LogP contribution in [0.2, 0.25) is 0 Å². The van der Waals surface area contributed by atoms with Crippen LogP contribution in [0.15, 0.2) is 29.5 Å². The number of hydrogen-bond acceptors (Lipinski definition) is 4. The number of hydrogen-bond donors (Lipinski definition) is 2. The van der Waals surface area contributed by atoms with E-state index in [1.807, 2.05) is 0 Å². The van der Waals surface area contributed by atoms with Crippen LogP contribution in [0.3, 0.4) is 0 Å². The highest BCUT2D eigenvalue weighted by atomic mass is 16.5. The minimum absolute atomic E-state index is 0.116. The maximum absolute atomic E-state index is 11.9. The number of amides is 2. The number of rotatable bonds is 4. The van der Waals surface area contributed by atoms with Gasteiger partial charge in [0.1, 0.15) is 11.5 Å². The van der Waals surface area contributed by atoms with Crippen molar-refractivity contribution in [1.82, 2.24) is 10.6 Å². The zero-order chi connectivity index (χ0) is 15.6. The number of benzene rings is 1. The second-order valence-corrected chi connectivity index (χ2v) is 4.73. The van der Waals surface area contributed by atoms with E-state index in [9.17, 15) is 9.59 Å². The van der Waals surface area contributed by atoms with Crippen LogP contribution in [-0.4, -0.2) is 26.0 Å². The van der Waals surface area contributed by atoms with E-state index in [-0.39, 0.29) is 11.8 Å². The normalized spacial score (nSPS) is 17.9. The van der Waals surface area contributed by atoms with Crippen molar-refractivity contribution in [2.24, 2.45) is 0 Å². The van der Waals surface area contributed by atoms with Crippen molar-refractivity contribution < 1.29 is 19.1 Å². The topological polar surface area (TPSA) is 76.7 Å². The molecule has 0 aromatic heterocycles. The summed E-state index contributed by atoms with van der Waals surface area (Å²) in [5.41, 5.74) is 1.72. The zero-order valence-electron chi connectivity index (χ0n) is 12.4. The highest BCUT2D eigenvalue weighted by molar-refractivity contribution is 5.98. The molecule has 6 nitrogen and oxygen atoms in total. The zero-order valence-corrected chi connectivity index (χ0v) is 12.4. The molecule has 0 unspecified atom stereocenters. The van der Waals surface area contributed by atoms with Gasteiger partial charge in [-0.3, -0.25) is 4.79 Å². The van der Waals surface area contributed by atoms with Gasteiger partial charge < -0.3 is 20.1 Å². The number of carbonyl (C=O) groups is 2.